The fraction of sp³-hybridized carbons (Fsp3) is 0.467. The number of benzene rings is 1. The standard InChI is InChI=1S/C15H20FN3O2/c1-10-5-12(16)8-13(6-10)18-15(21)19-4-2-3-11(9-19)7-14(17)20/h5-6,8,11H,2-4,7,9H2,1H3,(H2,17,20)(H,18,21)/t11-/m1/s1. The number of nitrogens with two attached hydrogens (primary N) is 1. The minimum atomic E-state index is -0.379. The lowest BCUT2D eigenvalue weighted by Gasteiger charge is -2.32. The third-order valence-electron chi connectivity index (χ3n) is 3.59. The van der Waals surface area contributed by atoms with E-state index >= 15 is 0 Å². The first-order valence-electron chi connectivity index (χ1n) is 7.05. The number of hydrogen-bond donors (Lipinski definition) is 2. The Bertz CT molecular complexity index is 527. The Balaban J connectivity index is 1.97. The van der Waals surface area contributed by atoms with Crippen molar-refractivity contribution in [3.8, 4) is 0 Å². The molecule has 1 heterocycles. The minimum absolute atomic E-state index is 0.108. The zero-order valence-corrected chi connectivity index (χ0v) is 12.1. The molecule has 0 bridgehead atoms. The van der Waals surface area contributed by atoms with Crippen molar-refractivity contribution in [2.75, 3.05) is 18.4 Å². The molecule has 0 radical (unpaired) electrons. The predicted octanol–water partition coefficient (Wildman–Crippen LogP) is 2.25. The summed E-state index contributed by atoms with van der Waals surface area (Å²) in [7, 11) is 0. The SMILES string of the molecule is Cc1cc(F)cc(NC(=O)N2CCC[C@H](CC(N)=O)C2)c1. The van der Waals surface area contributed by atoms with Gasteiger partial charge in [0.05, 0.1) is 0 Å². The van der Waals surface area contributed by atoms with E-state index < -0.39 is 0 Å². The molecule has 5 nitrogen and oxygen atoms in total. The van der Waals surface area contributed by atoms with E-state index in [0.717, 1.165) is 18.4 Å². The molecule has 3 N–H and O–H groups in total. The Kier molecular flexibility index (Phi) is 4.77. The van der Waals surface area contributed by atoms with Crippen LogP contribution < -0.4 is 11.1 Å². The fourth-order valence-electron chi connectivity index (χ4n) is 2.71. The van der Waals surface area contributed by atoms with Gasteiger partial charge in [-0.15, -0.1) is 0 Å². The van der Waals surface area contributed by atoms with Crippen LogP contribution >= 0.6 is 0 Å². The summed E-state index contributed by atoms with van der Waals surface area (Å²) in [6.45, 7) is 2.90. The van der Waals surface area contributed by atoms with Gasteiger partial charge in [0.1, 0.15) is 5.82 Å². The van der Waals surface area contributed by atoms with E-state index in [1.165, 1.54) is 12.1 Å². The quantitative estimate of drug-likeness (QED) is 0.897. The number of rotatable bonds is 3. The topological polar surface area (TPSA) is 75.4 Å². The van der Waals surface area contributed by atoms with Gasteiger partial charge in [0.2, 0.25) is 5.91 Å². The number of halogens is 1. The lowest BCUT2D eigenvalue weighted by molar-refractivity contribution is -0.119. The molecule has 0 aromatic heterocycles. The number of urea groups is 1. The zero-order chi connectivity index (χ0) is 15.4. The number of primary amides is 1. The maximum Gasteiger partial charge on any atom is 0.321 e. The Hall–Kier alpha value is -2.11. The van der Waals surface area contributed by atoms with Gasteiger partial charge in [-0.2, -0.15) is 0 Å². The first-order chi connectivity index (χ1) is 9.94. The number of carbonyl (C=O) groups is 2. The van der Waals surface area contributed by atoms with Gasteiger partial charge in [-0.3, -0.25) is 4.79 Å². The summed E-state index contributed by atoms with van der Waals surface area (Å²) in [5.41, 5.74) is 6.39. The van der Waals surface area contributed by atoms with Crippen molar-refractivity contribution in [2.24, 2.45) is 11.7 Å². The van der Waals surface area contributed by atoms with Crippen LogP contribution in [-0.2, 0) is 4.79 Å². The van der Waals surface area contributed by atoms with Gasteiger partial charge in [0.15, 0.2) is 0 Å². The fourth-order valence-corrected chi connectivity index (χ4v) is 2.71. The Morgan fingerprint density at radius 2 is 2.19 bits per heavy atom. The van der Waals surface area contributed by atoms with Crippen molar-refractivity contribution in [1.29, 1.82) is 0 Å². The van der Waals surface area contributed by atoms with Gasteiger partial charge < -0.3 is 16.0 Å². The van der Waals surface area contributed by atoms with Gasteiger partial charge in [-0.05, 0) is 49.4 Å². The molecular weight excluding hydrogens is 273 g/mol. The Morgan fingerprint density at radius 3 is 2.86 bits per heavy atom. The molecule has 0 aliphatic carbocycles. The van der Waals surface area contributed by atoms with E-state index in [1.54, 1.807) is 17.9 Å². The normalized spacial score (nSPS) is 18.4. The molecule has 1 fully saturated rings. The summed E-state index contributed by atoms with van der Waals surface area (Å²) in [5.74, 6) is -0.616. The lowest BCUT2D eigenvalue weighted by atomic mass is 9.95. The molecule has 114 valence electrons. The van der Waals surface area contributed by atoms with E-state index in [-0.39, 0.29) is 23.7 Å². The van der Waals surface area contributed by atoms with E-state index in [2.05, 4.69) is 5.32 Å². The highest BCUT2D eigenvalue weighted by molar-refractivity contribution is 5.89. The summed E-state index contributed by atoms with van der Waals surface area (Å²) in [6.07, 6.45) is 2.03. The van der Waals surface area contributed by atoms with Crippen LogP contribution in [0.3, 0.4) is 0 Å². The molecule has 0 saturated carbocycles. The van der Waals surface area contributed by atoms with Gasteiger partial charge in [-0.25, -0.2) is 9.18 Å². The highest BCUT2D eigenvalue weighted by Crippen LogP contribution is 2.21. The summed E-state index contributed by atoms with van der Waals surface area (Å²) in [5, 5.41) is 2.70. The van der Waals surface area contributed by atoms with Crippen molar-refractivity contribution in [3.63, 3.8) is 0 Å². The highest BCUT2D eigenvalue weighted by Gasteiger charge is 2.24. The summed E-state index contributed by atoms with van der Waals surface area (Å²) < 4.78 is 13.3. The Labute approximate surface area is 123 Å². The van der Waals surface area contributed by atoms with E-state index in [4.69, 9.17) is 5.73 Å². The van der Waals surface area contributed by atoms with Crippen molar-refractivity contribution in [3.05, 3.63) is 29.6 Å². The third-order valence-corrected chi connectivity index (χ3v) is 3.59. The largest absolute Gasteiger partial charge is 0.370 e. The van der Waals surface area contributed by atoms with Crippen molar-refractivity contribution in [2.45, 2.75) is 26.2 Å². The number of nitrogens with one attached hydrogen (secondary N) is 1. The number of anilines is 1. The van der Waals surface area contributed by atoms with Gasteiger partial charge in [0, 0.05) is 25.2 Å². The van der Waals surface area contributed by atoms with Gasteiger partial charge in [0.25, 0.3) is 0 Å². The van der Waals surface area contributed by atoms with Crippen LogP contribution in [0.25, 0.3) is 0 Å². The summed E-state index contributed by atoms with van der Waals surface area (Å²) in [6, 6.07) is 4.13. The monoisotopic (exact) mass is 293 g/mol. The molecule has 21 heavy (non-hydrogen) atoms. The van der Waals surface area contributed by atoms with E-state index in [1.807, 2.05) is 0 Å². The molecule has 1 aromatic carbocycles. The molecule has 2 rings (SSSR count). The molecule has 3 amide bonds. The number of nitrogens with zero attached hydrogens (tertiary/aromatic N) is 1. The highest BCUT2D eigenvalue weighted by atomic mass is 19.1. The Morgan fingerprint density at radius 1 is 1.43 bits per heavy atom. The van der Waals surface area contributed by atoms with Crippen molar-refractivity contribution in [1.82, 2.24) is 4.90 Å². The van der Waals surface area contributed by atoms with Crippen molar-refractivity contribution >= 4 is 17.6 Å². The first-order valence-corrected chi connectivity index (χ1v) is 7.05. The smallest absolute Gasteiger partial charge is 0.321 e. The van der Waals surface area contributed by atoms with Crippen LogP contribution in [0.5, 0.6) is 0 Å². The second-order valence-corrected chi connectivity index (χ2v) is 5.57. The first kappa shape index (κ1) is 15.3. The van der Waals surface area contributed by atoms with Gasteiger partial charge >= 0.3 is 6.03 Å². The zero-order valence-electron chi connectivity index (χ0n) is 12.1. The molecule has 1 aliphatic rings. The van der Waals surface area contributed by atoms with Crippen LogP contribution in [0.15, 0.2) is 18.2 Å². The predicted molar refractivity (Wildman–Crippen MR) is 78.3 cm³/mol. The number of amides is 3. The number of aryl methyl sites for hydroxylation is 1. The summed E-state index contributed by atoms with van der Waals surface area (Å²) >= 11 is 0. The second-order valence-electron chi connectivity index (χ2n) is 5.57. The maximum atomic E-state index is 13.3. The number of carbonyl (C=O) groups excluding carboxylic acids is 2. The van der Waals surface area contributed by atoms with Crippen LogP contribution in [0.2, 0.25) is 0 Å². The minimum Gasteiger partial charge on any atom is -0.370 e. The van der Waals surface area contributed by atoms with Crippen LogP contribution in [0.4, 0.5) is 14.9 Å². The van der Waals surface area contributed by atoms with E-state index in [0.29, 0.717) is 25.2 Å². The van der Waals surface area contributed by atoms with Crippen LogP contribution in [0, 0.1) is 18.7 Å². The third kappa shape index (κ3) is 4.44. The molecule has 1 aliphatic heterocycles. The van der Waals surface area contributed by atoms with Crippen LogP contribution in [-0.4, -0.2) is 29.9 Å². The lowest BCUT2D eigenvalue weighted by Crippen LogP contribution is -2.43. The molecular formula is C15H20FN3O2. The molecule has 0 spiro atoms. The molecule has 1 atom stereocenters. The molecule has 6 heteroatoms. The number of piperidine rings is 1. The van der Waals surface area contributed by atoms with Gasteiger partial charge in [-0.1, -0.05) is 0 Å². The average Bonchev–Trinajstić information content (AvgIpc) is 2.36. The molecule has 0 unspecified atom stereocenters. The number of likely N-dealkylation sites (tertiary alicyclic amines) is 1. The maximum absolute atomic E-state index is 13.3. The van der Waals surface area contributed by atoms with Crippen molar-refractivity contribution < 1.29 is 14.0 Å². The van der Waals surface area contributed by atoms with E-state index in [9.17, 15) is 14.0 Å². The van der Waals surface area contributed by atoms with Crippen LogP contribution in [0.1, 0.15) is 24.8 Å². The second kappa shape index (κ2) is 6.56. The number of hydrogen-bond acceptors (Lipinski definition) is 2. The average molecular weight is 293 g/mol. The summed E-state index contributed by atoms with van der Waals surface area (Å²) in [4.78, 5) is 24.8. The molecule has 1 aromatic rings. The molecule has 1 saturated heterocycles.